The average molecular weight is 483 g/mol. The van der Waals surface area contributed by atoms with Gasteiger partial charge in [0.25, 0.3) is 5.91 Å². The van der Waals surface area contributed by atoms with Gasteiger partial charge in [0.1, 0.15) is 5.82 Å². The Hall–Kier alpha value is -4.01. The van der Waals surface area contributed by atoms with Crippen LogP contribution in [0.3, 0.4) is 0 Å². The molecule has 0 saturated heterocycles. The smallest absolute Gasteiger partial charge is 0.351 e. The first-order chi connectivity index (χ1) is 16.5. The maximum atomic E-state index is 14.7. The van der Waals surface area contributed by atoms with E-state index in [4.69, 9.17) is 0 Å². The van der Waals surface area contributed by atoms with Gasteiger partial charge in [0, 0.05) is 23.1 Å². The Balaban J connectivity index is 1.51. The fourth-order valence-corrected chi connectivity index (χ4v) is 3.61. The van der Waals surface area contributed by atoms with E-state index >= 15 is 0 Å². The molecule has 9 heteroatoms. The van der Waals surface area contributed by atoms with E-state index in [2.05, 4.69) is 20.0 Å². The summed E-state index contributed by atoms with van der Waals surface area (Å²) in [4.78, 5) is 16.1. The van der Waals surface area contributed by atoms with Crippen molar-refractivity contribution in [2.24, 2.45) is 0 Å². The molecule has 1 amide bonds. The van der Waals surface area contributed by atoms with Gasteiger partial charge in [-0.3, -0.25) is 4.79 Å². The molecular weight excluding hydrogens is 462 g/mol. The molecule has 0 spiro atoms. The van der Waals surface area contributed by atoms with E-state index in [1.807, 2.05) is 44.2 Å². The molecule has 0 radical (unpaired) electrons. The van der Waals surface area contributed by atoms with Gasteiger partial charge in [0.15, 0.2) is 0 Å². The number of nitrogens with zero attached hydrogens (tertiary/aromatic N) is 2. The Morgan fingerprint density at radius 2 is 1.63 bits per heavy atom. The molecular formula is C26H21F4N3O2. The molecule has 4 aromatic rings. The summed E-state index contributed by atoms with van der Waals surface area (Å²) in [6, 6.07) is 20.3. The first-order valence-electron chi connectivity index (χ1n) is 10.7. The van der Waals surface area contributed by atoms with Gasteiger partial charge in [0.05, 0.1) is 0 Å². The second-order valence-electron chi connectivity index (χ2n) is 8.63. The van der Waals surface area contributed by atoms with Crippen molar-refractivity contribution in [2.45, 2.75) is 25.4 Å². The first kappa shape index (κ1) is 24.1. The first-order valence-corrected chi connectivity index (χ1v) is 10.7. The lowest BCUT2D eigenvalue weighted by molar-refractivity contribution is -0.159. The third-order valence-corrected chi connectivity index (χ3v) is 5.54. The Bertz CT molecular complexity index is 1350. The molecule has 1 aromatic heterocycles. The molecule has 0 aliphatic carbocycles. The van der Waals surface area contributed by atoms with Crippen LogP contribution in [0, 0.1) is 5.82 Å². The third kappa shape index (κ3) is 5.40. The molecule has 0 aliphatic heterocycles. The highest BCUT2D eigenvalue weighted by molar-refractivity contribution is 5.95. The normalized spacial score (nSPS) is 11.9. The van der Waals surface area contributed by atoms with Gasteiger partial charge in [-0.2, -0.15) is 18.2 Å². The van der Waals surface area contributed by atoms with Crippen molar-refractivity contribution in [1.29, 1.82) is 0 Å². The lowest BCUT2D eigenvalue weighted by Gasteiger charge is -2.27. The van der Waals surface area contributed by atoms with Crippen LogP contribution in [-0.4, -0.2) is 22.6 Å². The number of hydrogen-bond acceptors (Lipinski definition) is 4. The van der Waals surface area contributed by atoms with Gasteiger partial charge in [-0.1, -0.05) is 67.5 Å². The molecule has 0 aliphatic rings. The summed E-state index contributed by atoms with van der Waals surface area (Å²) in [6.07, 6.45) is -4.76. The molecule has 5 nitrogen and oxygen atoms in total. The van der Waals surface area contributed by atoms with Crippen LogP contribution in [0.15, 0.2) is 77.3 Å². The average Bonchev–Trinajstić information content (AvgIpc) is 3.35. The molecule has 1 N–H and O–H groups in total. The minimum Gasteiger partial charge on any atom is -0.351 e. The number of carbonyl (C=O) groups is 1. The fraction of sp³-hybridized carbons (Fsp3) is 0.192. The van der Waals surface area contributed by atoms with Crippen molar-refractivity contribution in [1.82, 2.24) is 15.5 Å². The summed E-state index contributed by atoms with van der Waals surface area (Å²) in [6.45, 7) is 3.75. The monoisotopic (exact) mass is 483 g/mol. The SMILES string of the molecule is CC(C)(CNC(=O)c1cccc(-c2noc(C(F)(F)F)n2)c1)c1cc(-c2ccccc2)ccc1F. The quantitative estimate of drug-likeness (QED) is 0.328. The maximum Gasteiger partial charge on any atom is 0.471 e. The van der Waals surface area contributed by atoms with E-state index in [9.17, 15) is 22.4 Å². The number of benzene rings is 3. The van der Waals surface area contributed by atoms with Crippen LogP contribution >= 0.6 is 0 Å². The highest BCUT2D eigenvalue weighted by Crippen LogP contribution is 2.31. The molecule has 0 fully saturated rings. The fourth-order valence-electron chi connectivity index (χ4n) is 3.61. The molecule has 0 unspecified atom stereocenters. The van der Waals surface area contributed by atoms with E-state index in [1.165, 1.54) is 30.3 Å². The number of amides is 1. The van der Waals surface area contributed by atoms with Crippen LogP contribution in [0.5, 0.6) is 0 Å². The number of halogens is 4. The zero-order chi connectivity index (χ0) is 25.2. The van der Waals surface area contributed by atoms with Crippen LogP contribution in [-0.2, 0) is 11.6 Å². The molecule has 0 saturated carbocycles. The molecule has 180 valence electrons. The van der Waals surface area contributed by atoms with E-state index in [0.717, 1.165) is 11.1 Å². The lowest BCUT2D eigenvalue weighted by Crippen LogP contribution is -2.37. The van der Waals surface area contributed by atoms with Gasteiger partial charge in [-0.25, -0.2) is 4.39 Å². The molecule has 1 heterocycles. The van der Waals surface area contributed by atoms with Gasteiger partial charge in [0.2, 0.25) is 5.82 Å². The van der Waals surface area contributed by atoms with E-state index in [1.54, 1.807) is 12.1 Å². The van der Waals surface area contributed by atoms with E-state index in [0.29, 0.717) is 5.56 Å². The van der Waals surface area contributed by atoms with E-state index in [-0.39, 0.29) is 29.3 Å². The zero-order valence-electron chi connectivity index (χ0n) is 18.9. The van der Waals surface area contributed by atoms with Gasteiger partial charge in [-0.15, -0.1) is 0 Å². The van der Waals surface area contributed by atoms with E-state index < -0.39 is 23.4 Å². The van der Waals surface area contributed by atoms with Crippen molar-refractivity contribution in [3.05, 3.63) is 95.6 Å². The summed E-state index contributed by atoms with van der Waals surface area (Å²) in [5.74, 6) is -2.61. The Kier molecular flexibility index (Phi) is 6.43. The van der Waals surface area contributed by atoms with Gasteiger partial charge in [-0.05, 0) is 41.0 Å². The van der Waals surface area contributed by atoms with Crippen LogP contribution < -0.4 is 5.32 Å². The highest BCUT2D eigenvalue weighted by Gasteiger charge is 2.38. The third-order valence-electron chi connectivity index (χ3n) is 5.54. The van der Waals surface area contributed by atoms with Crippen molar-refractivity contribution < 1.29 is 26.9 Å². The van der Waals surface area contributed by atoms with Crippen molar-refractivity contribution in [3.8, 4) is 22.5 Å². The van der Waals surface area contributed by atoms with Crippen LogP contribution in [0.25, 0.3) is 22.5 Å². The summed E-state index contributed by atoms with van der Waals surface area (Å²) < 4.78 is 57.2. The predicted molar refractivity (Wildman–Crippen MR) is 122 cm³/mol. The standard InChI is InChI=1S/C26H21F4N3O2/c1-25(2,20-14-17(11-12-21(20)27)16-7-4-3-5-8-16)15-31-23(34)19-10-6-9-18(13-19)22-32-24(35-33-22)26(28,29)30/h3-14H,15H2,1-2H3,(H,31,34). The summed E-state index contributed by atoms with van der Waals surface area (Å²) in [7, 11) is 0. The predicted octanol–water partition coefficient (Wildman–Crippen LogP) is 6.27. The zero-order valence-corrected chi connectivity index (χ0v) is 18.9. The second-order valence-corrected chi connectivity index (χ2v) is 8.63. The molecule has 4 rings (SSSR count). The molecule has 3 aromatic carbocycles. The van der Waals surface area contributed by atoms with Crippen LogP contribution in [0.1, 0.15) is 35.7 Å². The molecule has 0 atom stereocenters. The minimum absolute atomic E-state index is 0.117. The topological polar surface area (TPSA) is 68.0 Å². The molecule has 0 bridgehead atoms. The van der Waals surface area contributed by atoms with Gasteiger partial charge < -0.3 is 9.84 Å². The second kappa shape index (κ2) is 9.32. The number of alkyl halides is 3. The van der Waals surface area contributed by atoms with Crippen LogP contribution in [0.2, 0.25) is 0 Å². The number of hydrogen-bond donors (Lipinski definition) is 1. The van der Waals surface area contributed by atoms with Gasteiger partial charge >= 0.3 is 12.1 Å². The summed E-state index contributed by atoms with van der Waals surface area (Å²) >= 11 is 0. The van der Waals surface area contributed by atoms with Crippen molar-refractivity contribution in [2.75, 3.05) is 6.54 Å². The lowest BCUT2D eigenvalue weighted by atomic mass is 9.82. The molecule has 35 heavy (non-hydrogen) atoms. The summed E-state index contributed by atoms with van der Waals surface area (Å²) in [5, 5.41) is 6.12. The highest BCUT2D eigenvalue weighted by atomic mass is 19.4. The minimum atomic E-state index is -4.76. The number of nitrogens with one attached hydrogen (secondary N) is 1. The maximum absolute atomic E-state index is 14.7. The number of aromatic nitrogens is 2. The van der Waals surface area contributed by atoms with Crippen molar-refractivity contribution in [3.63, 3.8) is 0 Å². The Morgan fingerprint density at radius 1 is 0.914 bits per heavy atom. The number of carbonyl (C=O) groups excluding carboxylic acids is 1. The summed E-state index contributed by atoms with van der Waals surface area (Å²) in [5.41, 5.74) is 1.87. The Labute approximate surface area is 198 Å². The van der Waals surface area contributed by atoms with Crippen molar-refractivity contribution >= 4 is 5.91 Å². The largest absolute Gasteiger partial charge is 0.471 e. The van der Waals surface area contributed by atoms with Crippen LogP contribution in [0.4, 0.5) is 17.6 Å². The Morgan fingerprint density at radius 3 is 2.31 bits per heavy atom. The number of rotatable bonds is 6.